The lowest BCUT2D eigenvalue weighted by Crippen LogP contribution is -2.28. The summed E-state index contributed by atoms with van der Waals surface area (Å²) in [6.45, 7) is 4.28. The minimum Gasteiger partial charge on any atom is -0.475 e. The molecule has 0 amide bonds. The van der Waals surface area contributed by atoms with Gasteiger partial charge < -0.3 is 14.4 Å². The van der Waals surface area contributed by atoms with Crippen LogP contribution < -0.4 is 0 Å². The number of hydrogen-bond donors (Lipinski definition) is 1. The van der Waals surface area contributed by atoms with Crippen molar-refractivity contribution < 1.29 is 32.2 Å². The Labute approximate surface area is 166 Å². The highest BCUT2D eigenvalue weighted by Gasteiger charge is 2.38. The van der Waals surface area contributed by atoms with Crippen LogP contribution in [-0.2, 0) is 29.2 Å². The third kappa shape index (κ3) is 7.17. The van der Waals surface area contributed by atoms with Crippen LogP contribution in [0.3, 0.4) is 0 Å². The SMILES string of the molecule is COCCC1CN(Cc2ccccc2F)Cc2cccn2C1.O=C(O)C(F)(F)F. The molecule has 0 saturated carbocycles. The predicted octanol–water partition coefficient (Wildman–Crippen LogP) is 3.93. The summed E-state index contributed by atoms with van der Waals surface area (Å²) < 4.78 is 53.2. The van der Waals surface area contributed by atoms with Crippen molar-refractivity contribution in [3.8, 4) is 0 Å². The number of fused-ring (bicyclic) bond motifs is 1. The number of carbonyl (C=O) groups is 1. The van der Waals surface area contributed by atoms with Gasteiger partial charge in [-0.05, 0) is 30.5 Å². The second-order valence-corrected chi connectivity index (χ2v) is 6.86. The van der Waals surface area contributed by atoms with E-state index in [0.717, 1.165) is 38.2 Å². The van der Waals surface area contributed by atoms with E-state index < -0.39 is 12.1 Å². The highest BCUT2D eigenvalue weighted by Crippen LogP contribution is 2.22. The third-order valence-electron chi connectivity index (χ3n) is 4.60. The molecular formula is C20H24F4N2O3. The van der Waals surface area contributed by atoms with Crippen LogP contribution in [0.5, 0.6) is 0 Å². The smallest absolute Gasteiger partial charge is 0.475 e. The molecule has 1 aromatic carbocycles. The summed E-state index contributed by atoms with van der Waals surface area (Å²) in [5.41, 5.74) is 2.07. The largest absolute Gasteiger partial charge is 0.490 e. The molecule has 0 saturated heterocycles. The molecule has 0 fully saturated rings. The first-order chi connectivity index (χ1) is 13.7. The maximum absolute atomic E-state index is 13.9. The summed E-state index contributed by atoms with van der Waals surface area (Å²) in [5, 5.41) is 7.12. The van der Waals surface area contributed by atoms with E-state index >= 15 is 0 Å². The number of alkyl halides is 3. The zero-order valence-electron chi connectivity index (χ0n) is 16.0. The summed E-state index contributed by atoms with van der Waals surface area (Å²) in [5.74, 6) is -2.34. The molecule has 2 aromatic rings. The lowest BCUT2D eigenvalue weighted by molar-refractivity contribution is -0.192. The minimum atomic E-state index is -5.08. The van der Waals surface area contributed by atoms with E-state index in [1.165, 1.54) is 11.8 Å². The van der Waals surface area contributed by atoms with Crippen LogP contribution in [0.25, 0.3) is 0 Å². The summed E-state index contributed by atoms with van der Waals surface area (Å²) in [6, 6.07) is 11.3. The Balaban J connectivity index is 0.000000370. The number of benzene rings is 1. The maximum Gasteiger partial charge on any atom is 0.490 e. The third-order valence-corrected chi connectivity index (χ3v) is 4.60. The summed E-state index contributed by atoms with van der Waals surface area (Å²) in [7, 11) is 1.74. The van der Waals surface area contributed by atoms with Crippen molar-refractivity contribution in [2.45, 2.75) is 32.2 Å². The molecule has 5 nitrogen and oxygen atoms in total. The van der Waals surface area contributed by atoms with E-state index in [0.29, 0.717) is 12.5 Å². The van der Waals surface area contributed by atoms with Gasteiger partial charge in [-0.3, -0.25) is 4.90 Å². The average molecular weight is 416 g/mol. The Morgan fingerprint density at radius 3 is 2.52 bits per heavy atom. The van der Waals surface area contributed by atoms with E-state index in [-0.39, 0.29) is 5.82 Å². The van der Waals surface area contributed by atoms with Crippen molar-refractivity contribution in [2.75, 3.05) is 20.3 Å². The summed E-state index contributed by atoms with van der Waals surface area (Å²) in [4.78, 5) is 11.2. The van der Waals surface area contributed by atoms with Gasteiger partial charge in [-0.2, -0.15) is 13.2 Å². The van der Waals surface area contributed by atoms with Crippen LogP contribution in [0.4, 0.5) is 17.6 Å². The molecule has 29 heavy (non-hydrogen) atoms. The molecule has 1 atom stereocenters. The van der Waals surface area contributed by atoms with Gasteiger partial charge in [0.1, 0.15) is 5.82 Å². The van der Waals surface area contributed by atoms with E-state index in [2.05, 4.69) is 27.8 Å². The van der Waals surface area contributed by atoms with Gasteiger partial charge in [-0.1, -0.05) is 18.2 Å². The van der Waals surface area contributed by atoms with Crippen LogP contribution in [0.1, 0.15) is 17.7 Å². The van der Waals surface area contributed by atoms with E-state index in [4.69, 9.17) is 14.6 Å². The molecule has 0 aliphatic carbocycles. The molecule has 1 aliphatic rings. The quantitative estimate of drug-likeness (QED) is 0.751. The van der Waals surface area contributed by atoms with Gasteiger partial charge in [0.05, 0.1) is 0 Å². The summed E-state index contributed by atoms with van der Waals surface area (Å²) in [6.07, 6.45) is -1.91. The van der Waals surface area contributed by atoms with Gasteiger partial charge in [0.15, 0.2) is 0 Å². The average Bonchev–Trinajstić information content (AvgIpc) is 3.01. The highest BCUT2D eigenvalue weighted by molar-refractivity contribution is 5.73. The molecule has 1 aliphatic heterocycles. The number of halogens is 4. The van der Waals surface area contributed by atoms with Crippen molar-refractivity contribution in [1.82, 2.24) is 9.47 Å². The fourth-order valence-corrected chi connectivity index (χ4v) is 3.22. The van der Waals surface area contributed by atoms with Gasteiger partial charge >= 0.3 is 12.1 Å². The standard InChI is InChI=1S/C18H23FN2O.C2HF3O2/c1-22-10-8-15-11-20(13-16-5-2-3-7-18(16)19)14-17-6-4-9-21(17)12-15;3-2(4,5)1(6)7/h2-7,9,15H,8,10-14H2,1H3;(H,6,7). The molecule has 160 valence electrons. The molecule has 1 N–H and O–H groups in total. The van der Waals surface area contributed by atoms with Gasteiger partial charge in [0.25, 0.3) is 0 Å². The van der Waals surface area contributed by atoms with Gasteiger partial charge in [0, 0.05) is 57.3 Å². The Morgan fingerprint density at radius 1 is 1.21 bits per heavy atom. The lowest BCUT2D eigenvalue weighted by Gasteiger charge is -2.24. The number of ether oxygens (including phenoxy) is 1. The van der Waals surface area contributed by atoms with Crippen molar-refractivity contribution in [2.24, 2.45) is 5.92 Å². The highest BCUT2D eigenvalue weighted by atomic mass is 19.4. The van der Waals surface area contributed by atoms with Crippen LogP contribution in [-0.4, -0.2) is 47.0 Å². The molecule has 2 heterocycles. The molecule has 9 heteroatoms. The summed E-state index contributed by atoms with van der Waals surface area (Å²) >= 11 is 0. The molecule has 0 radical (unpaired) electrons. The number of methoxy groups -OCH3 is 1. The van der Waals surface area contributed by atoms with Crippen LogP contribution in [0.15, 0.2) is 42.6 Å². The second-order valence-electron chi connectivity index (χ2n) is 6.86. The first-order valence-corrected chi connectivity index (χ1v) is 9.09. The number of aliphatic carboxylic acids is 1. The fraction of sp³-hybridized carbons (Fsp3) is 0.450. The Hall–Kier alpha value is -2.39. The number of carboxylic acids is 1. The van der Waals surface area contributed by atoms with Crippen LogP contribution >= 0.6 is 0 Å². The van der Waals surface area contributed by atoms with Gasteiger partial charge in [-0.15, -0.1) is 0 Å². The topological polar surface area (TPSA) is 54.7 Å². The minimum absolute atomic E-state index is 0.115. The molecule has 0 bridgehead atoms. The van der Waals surface area contributed by atoms with Gasteiger partial charge in [-0.25, -0.2) is 9.18 Å². The number of nitrogens with zero attached hydrogens (tertiary/aromatic N) is 2. The zero-order valence-corrected chi connectivity index (χ0v) is 16.0. The molecular weight excluding hydrogens is 392 g/mol. The maximum atomic E-state index is 13.9. The van der Waals surface area contributed by atoms with Crippen LogP contribution in [0.2, 0.25) is 0 Å². The van der Waals surface area contributed by atoms with Gasteiger partial charge in [0.2, 0.25) is 0 Å². The number of carboxylic acid groups (broad SMARTS) is 1. The fourth-order valence-electron chi connectivity index (χ4n) is 3.22. The number of hydrogen-bond acceptors (Lipinski definition) is 3. The molecule has 0 spiro atoms. The number of rotatable bonds is 5. The number of aromatic nitrogens is 1. The Bertz CT molecular complexity index is 792. The Kier molecular flexibility index (Phi) is 8.21. The first kappa shape index (κ1) is 22.9. The van der Waals surface area contributed by atoms with E-state index in [9.17, 15) is 17.6 Å². The molecule has 3 rings (SSSR count). The molecule has 1 aromatic heterocycles. The van der Waals surface area contributed by atoms with Crippen molar-refractivity contribution >= 4 is 5.97 Å². The zero-order chi connectivity index (χ0) is 21.4. The Morgan fingerprint density at radius 2 is 1.90 bits per heavy atom. The van der Waals surface area contributed by atoms with Crippen molar-refractivity contribution in [3.63, 3.8) is 0 Å². The lowest BCUT2D eigenvalue weighted by atomic mass is 10.1. The van der Waals surface area contributed by atoms with Crippen LogP contribution in [0, 0.1) is 11.7 Å². The second kappa shape index (κ2) is 10.4. The first-order valence-electron chi connectivity index (χ1n) is 9.09. The normalized spacial score (nSPS) is 17.1. The van der Waals surface area contributed by atoms with Crippen molar-refractivity contribution in [1.29, 1.82) is 0 Å². The monoisotopic (exact) mass is 416 g/mol. The van der Waals surface area contributed by atoms with E-state index in [1.807, 2.05) is 12.1 Å². The van der Waals surface area contributed by atoms with E-state index in [1.54, 1.807) is 13.2 Å². The predicted molar refractivity (Wildman–Crippen MR) is 98.6 cm³/mol. The molecule has 1 unspecified atom stereocenters. The van der Waals surface area contributed by atoms with Crippen molar-refractivity contribution in [3.05, 3.63) is 59.7 Å².